The molecular weight excluding hydrogens is 362 g/mol. The van der Waals surface area contributed by atoms with E-state index in [2.05, 4.69) is 39.1 Å². The molecule has 0 fully saturated rings. The van der Waals surface area contributed by atoms with Gasteiger partial charge in [-0.2, -0.15) is 0 Å². The van der Waals surface area contributed by atoms with Crippen LogP contribution in [0, 0.1) is 13.8 Å². The average molecular weight is 389 g/mol. The molecule has 1 aliphatic rings. The molecule has 1 aliphatic carbocycles. The van der Waals surface area contributed by atoms with E-state index in [1.807, 2.05) is 32.0 Å². The van der Waals surface area contributed by atoms with Crippen LogP contribution in [0.3, 0.4) is 0 Å². The standard InChI is InChI=1S/C24H27N3O2/c1-17-14-23(18(2)27(17)16-19-10-12-25-13-11-19)29-24(28)26-22-9-5-8-20-6-3-4-7-21(20)15-22/h3-4,6-7,10-14,22H,5,8-9,15-16H2,1-2H3,(H,26,28). The summed E-state index contributed by atoms with van der Waals surface area (Å²) in [6, 6.07) is 14.5. The van der Waals surface area contributed by atoms with Crippen LogP contribution in [-0.4, -0.2) is 21.7 Å². The third-order valence-electron chi connectivity index (χ3n) is 5.73. The molecule has 0 saturated carbocycles. The molecule has 1 amide bonds. The number of carbonyl (C=O) groups excluding carboxylic acids is 1. The van der Waals surface area contributed by atoms with Crippen molar-refractivity contribution in [3.05, 3.63) is 82.9 Å². The highest BCUT2D eigenvalue weighted by Gasteiger charge is 2.20. The summed E-state index contributed by atoms with van der Waals surface area (Å²) in [5.74, 6) is 0.614. The average Bonchev–Trinajstić information content (AvgIpc) is 2.87. The van der Waals surface area contributed by atoms with Crippen molar-refractivity contribution in [2.75, 3.05) is 0 Å². The first-order valence-corrected chi connectivity index (χ1v) is 10.2. The highest BCUT2D eigenvalue weighted by Crippen LogP contribution is 2.25. The number of hydrogen-bond acceptors (Lipinski definition) is 3. The molecule has 1 N–H and O–H groups in total. The first kappa shape index (κ1) is 19.2. The molecule has 150 valence electrons. The van der Waals surface area contributed by atoms with Gasteiger partial charge < -0.3 is 14.6 Å². The van der Waals surface area contributed by atoms with Crippen molar-refractivity contribution in [3.8, 4) is 5.75 Å². The molecule has 3 aromatic rings. The first-order chi connectivity index (χ1) is 14.1. The molecule has 29 heavy (non-hydrogen) atoms. The SMILES string of the molecule is Cc1cc(OC(=O)NC2CCCc3ccccc3C2)c(C)n1Cc1ccncc1. The van der Waals surface area contributed by atoms with Gasteiger partial charge >= 0.3 is 6.09 Å². The number of hydrogen-bond donors (Lipinski definition) is 1. The van der Waals surface area contributed by atoms with E-state index in [9.17, 15) is 4.79 Å². The van der Waals surface area contributed by atoms with Crippen molar-refractivity contribution in [2.45, 2.75) is 52.1 Å². The zero-order chi connectivity index (χ0) is 20.2. The van der Waals surface area contributed by atoms with Gasteiger partial charge in [-0.05, 0) is 68.4 Å². The Hall–Kier alpha value is -3.08. The molecule has 0 radical (unpaired) electrons. The van der Waals surface area contributed by atoms with Gasteiger partial charge in [0.15, 0.2) is 5.75 Å². The van der Waals surface area contributed by atoms with Crippen molar-refractivity contribution in [1.29, 1.82) is 0 Å². The summed E-state index contributed by atoms with van der Waals surface area (Å²) in [6.45, 7) is 4.74. The quantitative estimate of drug-likeness (QED) is 0.664. The van der Waals surface area contributed by atoms with Crippen LogP contribution in [0.5, 0.6) is 5.75 Å². The molecule has 1 atom stereocenters. The number of nitrogens with one attached hydrogen (secondary N) is 1. The maximum absolute atomic E-state index is 12.6. The number of ether oxygens (including phenoxy) is 1. The van der Waals surface area contributed by atoms with Crippen molar-refractivity contribution in [3.63, 3.8) is 0 Å². The number of fused-ring (bicyclic) bond motifs is 1. The highest BCUT2D eigenvalue weighted by atomic mass is 16.6. The minimum absolute atomic E-state index is 0.103. The lowest BCUT2D eigenvalue weighted by molar-refractivity contribution is 0.194. The van der Waals surface area contributed by atoms with E-state index in [4.69, 9.17) is 4.74 Å². The van der Waals surface area contributed by atoms with Gasteiger partial charge in [0, 0.05) is 36.7 Å². The Morgan fingerprint density at radius 3 is 2.72 bits per heavy atom. The minimum atomic E-state index is -0.376. The summed E-state index contributed by atoms with van der Waals surface area (Å²) in [5.41, 5.74) is 5.89. The zero-order valence-electron chi connectivity index (χ0n) is 17.0. The second-order valence-corrected chi connectivity index (χ2v) is 7.77. The van der Waals surface area contributed by atoms with E-state index < -0.39 is 0 Å². The predicted molar refractivity (Wildman–Crippen MR) is 113 cm³/mol. The lowest BCUT2D eigenvalue weighted by Gasteiger charge is -2.17. The number of nitrogens with zero attached hydrogens (tertiary/aromatic N) is 2. The number of carbonyl (C=O) groups is 1. The molecule has 0 spiro atoms. The first-order valence-electron chi connectivity index (χ1n) is 10.2. The molecule has 1 unspecified atom stereocenters. The van der Waals surface area contributed by atoms with Crippen LogP contribution in [0.25, 0.3) is 0 Å². The van der Waals surface area contributed by atoms with Crippen molar-refractivity contribution in [2.24, 2.45) is 0 Å². The van der Waals surface area contributed by atoms with Crippen LogP contribution in [0.15, 0.2) is 54.9 Å². The molecule has 2 heterocycles. The second kappa shape index (κ2) is 8.52. The van der Waals surface area contributed by atoms with Crippen LogP contribution >= 0.6 is 0 Å². The van der Waals surface area contributed by atoms with Gasteiger partial charge in [0.05, 0.1) is 5.69 Å². The molecule has 1 aromatic carbocycles. The Bertz CT molecular complexity index is 995. The number of aryl methyl sites for hydroxylation is 2. The Morgan fingerprint density at radius 1 is 1.17 bits per heavy atom. The summed E-state index contributed by atoms with van der Waals surface area (Å²) in [4.78, 5) is 16.7. The summed E-state index contributed by atoms with van der Waals surface area (Å²) >= 11 is 0. The number of amides is 1. The Kier molecular flexibility index (Phi) is 5.65. The van der Waals surface area contributed by atoms with Gasteiger partial charge in [0.2, 0.25) is 0 Å². The zero-order valence-corrected chi connectivity index (χ0v) is 17.0. The van der Waals surface area contributed by atoms with Gasteiger partial charge in [-0.15, -0.1) is 0 Å². The molecule has 5 nitrogen and oxygen atoms in total. The molecule has 4 rings (SSSR count). The molecule has 0 saturated heterocycles. The van der Waals surface area contributed by atoms with E-state index in [-0.39, 0.29) is 12.1 Å². The fourth-order valence-corrected chi connectivity index (χ4v) is 4.11. The number of pyridine rings is 1. The number of rotatable bonds is 4. The van der Waals surface area contributed by atoms with Crippen molar-refractivity contribution in [1.82, 2.24) is 14.9 Å². The molecule has 2 aromatic heterocycles. The Morgan fingerprint density at radius 2 is 1.93 bits per heavy atom. The molecule has 0 bridgehead atoms. The molecule has 5 heteroatoms. The van der Waals surface area contributed by atoms with Crippen molar-refractivity contribution < 1.29 is 9.53 Å². The minimum Gasteiger partial charge on any atom is -0.408 e. The highest BCUT2D eigenvalue weighted by molar-refractivity contribution is 5.71. The summed E-state index contributed by atoms with van der Waals surface area (Å²) in [6.07, 6.45) is 7.16. The Balaban J connectivity index is 1.42. The maximum atomic E-state index is 12.6. The normalized spacial score (nSPS) is 16.0. The van der Waals surface area contributed by atoms with Crippen LogP contribution < -0.4 is 10.1 Å². The van der Waals surface area contributed by atoms with Crippen LogP contribution in [0.4, 0.5) is 4.79 Å². The predicted octanol–water partition coefficient (Wildman–Crippen LogP) is 4.58. The Labute approximate surface area is 171 Å². The third-order valence-corrected chi connectivity index (χ3v) is 5.73. The third kappa shape index (κ3) is 4.50. The van der Waals surface area contributed by atoms with Gasteiger partial charge in [-0.1, -0.05) is 24.3 Å². The number of aromatic nitrogens is 2. The topological polar surface area (TPSA) is 56.1 Å². The van der Waals surface area contributed by atoms with Crippen molar-refractivity contribution >= 4 is 6.09 Å². The summed E-state index contributed by atoms with van der Waals surface area (Å²) < 4.78 is 7.85. The lowest BCUT2D eigenvalue weighted by atomic mass is 10.0. The summed E-state index contributed by atoms with van der Waals surface area (Å²) in [5, 5.41) is 3.08. The van der Waals surface area contributed by atoms with Gasteiger partial charge in [-0.25, -0.2) is 4.79 Å². The largest absolute Gasteiger partial charge is 0.412 e. The van der Waals surface area contributed by atoms with Crippen LogP contribution in [0.1, 0.15) is 40.9 Å². The van der Waals surface area contributed by atoms with Gasteiger partial charge in [0.25, 0.3) is 0 Å². The maximum Gasteiger partial charge on any atom is 0.412 e. The fourth-order valence-electron chi connectivity index (χ4n) is 4.11. The van der Waals surface area contributed by atoms with E-state index in [1.54, 1.807) is 12.4 Å². The van der Waals surface area contributed by atoms with Gasteiger partial charge in [-0.3, -0.25) is 4.98 Å². The summed E-state index contributed by atoms with van der Waals surface area (Å²) in [7, 11) is 0. The monoisotopic (exact) mass is 389 g/mol. The van der Waals surface area contributed by atoms with E-state index in [0.717, 1.165) is 49.2 Å². The molecular formula is C24H27N3O2. The smallest absolute Gasteiger partial charge is 0.408 e. The van der Waals surface area contributed by atoms with Crippen LogP contribution in [0.2, 0.25) is 0 Å². The fraction of sp³-hybridized carbons (Fsp3) is 0.333. The lowest BCUT2D eigenvalue weighted by Crippen LogP contribution is -2.38. The molecule has 0 aliphatic heterocycles. The van der Waals surface area contributed by atoms with E-state index in [1.165, 1.54) is 11.1 Å². The number of benzene rings is 1. The van der Waals surface area contributed by atoms with E-state index >= 15 is 0 Å². The van der Waals surface area contributed by atoms with Gasteiger partial charge in [0.1, 0.15) is 0 Å². The second-order valence-electron chi connectivity index (χ2n) is 7.77. The van der Waals surface area contributed by atoms with E-state index in [0.29, 0.717) is 5.75 Å². The van der Waals surface area contributed by atoms with Crippen LogP contribution in [-0.2, 0) is 19.4 Å².